The second-order valence-electron chi connectivity index (χ2n) is 7.18. The third-order valence-electron chi connectivity index (χ3n) is 5.20. The average molecular weight is 385 g/mol. The Hall–Kier alpha value is -2.38. The fourth-order valence-corrected chi connectivity index (χ4v) is 4.52. The molecule has 27 heavy (non-hydrogen) atoms. The first kappa shape index (κ1) is 18.0. The number of thiophene rings is 1. The Labute approximate surface area is 162 Å². The van der Waals surface area contributed by atoms with Gasteiger partial charge in [0, 0.05) is 36.5 Å². The lowest BCUT2D eigenvalue weighted by atomic mass is 9.84. The van der Waals surface area contributed by atoms with Crippen molar-refractivity contribution in [1.29, 1.82) is 0 Å². The van der Waals surface area contributed by atoms with E-state index in [1.54, 1.807) is 30.3 Å². The van der Waals surface area contributed by atoms with Crippen LogP contribution in [-0.2, 0) is 4.79 Å². The highest BCUT2D eigenvalue weighted by molar-refractivity contribution is 7.12. The van der Waals surface area contributed by atoms with E-state index in [0.717, 1.165) is 25.3 Å². The van der Waals surface area contributed by atoms with Crippen molar-refractivity contribution < 1.29 is 14.3 Å². The number of piperidine rings is 3. The van der Waals surface area contributed by atoms with Crippen molar-refractivity contribution in [3.63, 3.8) is 0 Å². The van der Waals surface area contributed by atoms with Crippen LogP contribution in [0.2, 0.25) is 0 Å². The minimum atomic E-state index is -0.113. The molecule has 142 valence electrons. The third-order valence-corrected chi connectivity index (χ3v) is 6.01. The maximum atomic E-state index is 12.6. The Morgan fingerprint density at radius 3 is 2.56 bits per heavy atom. The summed E-state index contributed by atoms with van der Waals surface area (Å²) in [5.74, 6) is 1.13. The van der Waals surface area contributed by atoms with Crippen molar-refractivity contribution in [2.24, 2.45) is 5.92 Å². The van der Waals surface area contributed by atoms with Crippen LogP contribution < -0.4 is 15.4 Å². The summed E-state index contributed by atoms with van der Waals surface area (Å²) in [6.07, 6.45) is 2.36. The molecule has 0 spiro atoms. The SMILES string of the molecule is CC(=O)Nc1csc(Oc2ccc(C(=O)N[C@H]3CN4CCC3CC4)cc2)c1. The van der Waals surface area contributed by atoms with Gasteiger partial charge >= 0.3 is 0 Å². The molecule has 3 saturated heterocycles. The van der Waals surface area contributed by atoms with Crippen molar-refractivity contribution in [2.45, 2.75) is 25.8 Å². The maximum Gasteiger partial charge on any atom is 0.251 e. The minimum absolute atomic E-state index is 0.0237. The Morgan fingerprint density at radius 2 is 1.93 bits per heavy atom. The van der Waals surface area contributed by atoms with E-state index in [4.69, 9.17) is 4.74 Å². The number of hydrogen-bond acceptors (Lipinski definition) is 5. The molecule has 1 aromatic carbocycles. The number of carbonyl (C=O) groups excluding carboxylic acids is 2. The maximum absolute atomic E-state index is 12.6. The molecule has 3 aliphatic rings. The van der Waals surface area contributed by atoms with Crippen LogP contribution in [0.3, 0.4) is 0 Å². The zero-order valence-corrected chi connectivity index (χ0v) is 16.1. The quantitative estimate of drug-likeness (QED) is 0.828. The highest BCUT2D eigenvalue weighted by Crippen LogP contribution is 2.31. The molecule has 3 fully saturated rings. The van der Waals surface area contributed by atoms with Gasteiger partial charge in [0.1, 0.15) is 5.75 Å². The fourth-order valence-electron chi connectivity index (χ4n) is 3.81. The second-order valence-corrected chi connectivity index (χ2v) is 8.05. The zero-order valence-electron chi connectivity index (χ0n) is 15.2. The van der Waals surface area contributed by atoms with Gasteiger partial charge in [-0.25, -0.2) is 0 Å². The number of fused-ring (bicyclic) bond motifs is 3. The number of nitrogens with one attached hydrogen (secondary N) is 2. The van der Waals surface area contributed by atoms with Gasteiger partial charge in [-0.3, -0.25) is 9.59 Å². The number of rotatable bonds is 5. The first-order valence-corrected chi connectivity index (χ1v) is 10.1. The highest BCUT2D eigenvalue weighted by Gasteiger charge is 2.34. The van der Waals surface area contributed by atoms with Crippen LogP contribution in [0.1, 0.15) is 30.1 Å². The molecule has 2 N–H and O–H groups in total. The lowest BCUT2D eigenvalue weighted by Crippen LogP contribution is -2.57. The third kappa shape index (κ3) is 4.31. The summed E-state index contributed by atoms with van der Waals surface area (Å²) in [6.45, 7) is 4.76. The fraction of sp³-hybridized carbons (Fsp3) is 0.400. The van der Waals surface area contributed by atoms with Gasteiger partial charge in [0.05, 0.1) is 5.69 Å². The van der Waals surface area contributed by atoms with Crippen molar-refractivity contribution in [1.82, 2.24) is 10.2 Å². The summed E-state index contributed by atoms with van der Waals surface area (Å²) < 4.78 is 5.79. The zero-order chi connectivity index (χ0) is 18.8. The van der Waals surface area contributed by atoms with Gasteiger partial charge in [0.15, 0.2) is 5.06 Å². The van der Waals surface area contributed by atoms with E-state index in [2.05, 4.69) is 15.5 Å². The normalized spacial score (nSPS) is 23.7. The van der Waals surface area contributed by atoms with Crippen LogP contribution in [0, 0.1) is 5.92 Å². The van der Waals surface area contributed by atoms with Gasteiger partial charge in [-0.05, 0) is 56.1 Å². The predicted molar refractivity (Wildman–Crippen MR) is 106 cm³/mol. The van der Waals surface area contributed by atoms with Crippen molar-refractivity contribution in [2.75, 3.05) is 25.0 Å². The molecule has 0 saturated carbocycles. The molecular formula is C20H23N3O3S. The highest BCUT2D eigenvalue weighted by atomic mass is 32.1. The second kappa shape index (κ2) is 7.70. The molecule has 5 rings (SSSR count). The summed E-state index contributed by atoms with van der Waals surface area (Å²) in [4.78, 5) is 26.1. The van der Waals surface area contributed by atoms with Crippen LogP contribution in [0.5, 0.6) is 10.8 Å². The summed E-state index contributed by atoms with van der Waals surface area (Å²) in [6, 6.07) is 9.20. The van der Waals surface area contributed by atoms with Gasteiger partial charge in [0.2, 0.25) is 5.91 Å². The van der Waals surface area contributed by atoms with E-state index >= 15 is 0 Å². The first-order chi connectivity index (χ1) is 13.1. The van der Waals surface area contributed by atoms with E-state index < -0.39 is 0 Å². The van der Waals surface area contributed by atoms with E-state index in [9.17, 15) is 9.59 Å². The van der Waals surface area contributed by atoms with Crippen molar-refractivity contribution in [3.05, 3.63) is 41.3 Å². The molecular weight excluding hydrogens is 362 g/mol. The standard InChI is InChI=1S/C20H23N3O3S/c1-13(24)21-16-10-19(27-12-16)26-17-4-2-15(3-5-17)20(25)22-18-11-23-8-6-14(18)7-9-23/h2-5,10,12,14,18H,6-9,11H2,1H3,(H,21,24)(H,22,25)/t18-/m0/s1. The Morgan fingerprint density at radius 1 is 1.19 bits per heavy atom. The molecule has 0 unspecified atom stereocenters. The molecule has 2 bridgehead atoms. The molecule has 2 amide bonds. The molecule has 7 heteroatoms. The number of hydrogen-bond donors (Lipinski definition) is 2. The molecule has 6 nitrogen and oxygen atoms in total. The lowest BCUT2D eigenvalue weighted by Gasteiger charge is -2.44. The van der Waals surface area contributed by atoms with E-state index in [1.807, 2.05) is 5.38 Å². The molecule has 1 aromatic heterocycles. The number of nitrogens with zero attached hydrogens (tertiary/aromatic N) is 1. The van der Waals surface area contributed by atoms with E-state index in [-0.39, 0.29) is 17.9 Å². The van der Waals surface area contributed by atoms with Gasteiger partial charge < -0.3 is 20.3 Å². The first-order valence-electron chi connectivity index (χ1n) is 9.24. The van der Waals surface area contributed by atoms with E-state index in [0.29, 0.717) is 22.3 Å². The van der Waals surface area contributed by atoms with Crippen molar-refractivity contribution >= 4 is 28.8 Å². The molecule has 0 radical (unpaired) electrons. The number of carbonyl (C=O) groups is 2. The van der Waals surface area contributed by atoms with Gasteiger partial charge in [-0.15, -0.1) is 11.3 Å². The Balaban J connectivity index is 1.35. The topological polar surface area (TPSA) is 70.7 Å². The Bertz CT molecular complexity index is 825. The van der Waals surface area contributed by atoms with Gasteiger partial charge in [-0.1, -0.05) is 0 Å². The molecule has 3 aliphatic heterocycles. The average Bonchev–Trinajstić information content (AvgIpc) is 3.09. The van der Waals surface area contributed by atoms with Gasteiger partial charge in [0.25, 0.3) is 5.91 Å². The van der Waals surface area contributed by atoms with Crippen LogP contribution in [0.15, 0.2) is 35.7 Å². The summed E-state index contributed by atoms with van der Waals surface area (Å²) in [7, 11) is 0. The largest absolute Gasteiger partial charge is 0.447 e. The van der Waals surface area contributed by atoms with Crippen LogP contribution >= 0.6 is 11.3 Å². The number of amides is 2. The molecule has 4 heterocycles. The Kier molecular flexibility index (Phi) is 5.13. The van der Waals surface area contributed by atoms with Crippen LogP contribution in [0.25, 0.3) is 0 Å². The molecule has 1 atom stereocenters. The van der Waals surface area contributed by atoms with Crippen LogP contribution in [-0.4, -0.2) is 42.4 Å². The smallest absolute Gasteiger partial charge is 0.251 e. The number of anilines is 1. The van der Waals surface area contributed by atoms with Gasteiger partial charge in [-0.2, -0.15) is 0 Å². The summed E-state index contributed by atoms with van der Waals surface area (Å²) in [5, 5.41) is 8.43. The predicted octanol–water partition coefficient (Wildman–Crippen LogP) is 3.32. The summed E-state index contributed by atoms with van der Waals surface area (Å²) >= 11 is 1.41. The molecule has 2 aromatic rings. The number of benzene rings is 1. The monoisotopic (exact) mass is 385 g/mol. The van der Waals surface area contributed by atoms with Crippen LogP contribution in [0.4, 0.5) is 5.69 Å². The lowest BCUT2D eigenvalue weighted by molar-refractivity contribution is -0.114. The van der Waals surface area contributed by atoms with Crippen molar-refractivity contribution in [3.8, 4) is 10.8 Å². The minimum Gasteiger partial charge on any atom is -0.447 e. The number of ether oxygens (including phenoxy) is 1. The summed E-state index contributed by atoms with van der Waals surface area (Å²) in [5.41, 5.74) is 1.36. The van der Waals surface area contributed by atoms with E-state index in [1.165, 1.54) is 31.1 Å². The molecule has 0 aliphatic carbocycles.